The van der Waals surface area contributed by atoms with E-state index >= 15 is 0 Å². The normalized spacial score (nSPS) is 10.6. The molecule has 112 valence electrons. The van der Waals surface area contributed by atoms with E-state index in [2.05, 4.69) is 47.8 Å². The van der Waals surface area contributed by atoms with Crippen LogP contribution in [-0.4, -0.2) is 20.3 Å². The number of nitrogens with one attached hydrogen (secondary N) is 1. The first-order valence-electron chi connectivity index (χ1n) is 7.33. The molecule has 0 saturated heterocycles. The standard InChI is InChI=1S/C19H19NO2/c1-21-11-12-22-19-10-8-15-13-18(9-7-16(15)14-19)20-17-5-3-2-4-6-17/h2-10,13-14,20H,11-12H2,1H3. The van der Waals surface area contributed by atoms with Crippen molar-refractivity contribution in [3.05, 3.63) is 66.7 Å². The molecule has 0 spiro atoms. The van der Waals surface area contributed by atoms with Crippen LogP contribution in [0, 0.1) is 0 Å². The van der Waals surface area contributed by atoms with E-state index in [0.717, 1.165) is 22.5 Å². The number of hydrogen-bond acceptors (Lipinski definition) is 3. The Hall–Kier alpha value is -2.52. The highest BCUT2D eigenvalue weighted by Gasteiger charge is 2.00. The van der Waals surface area contributed by atoms with Crippen LogP contribution in [0.5, 0.6) is 5.75 Å². The average Bonchev–Trinajstić information content (AvgIpc) is 2.56. The summed E-state index contributed by atoms with van der Waals surface area (Å²) in [5.74, 6) is 0.869. The molecule has 3 nitrogen and oxygen atoms in total. The Morgan fingerprint density at radius 2 is 1.55 bits per heavy atom. The van der Waals surface area contributed by atoms with Crippen molar-refractivity contribution in [2.24, 2.45) is 0 Å². The minimum absolute atomic E-state index is 0.565. The first kappa shape index (κ1) is 14.4. The molecule has 0 aliphatic carbocycles. The van der Waals surface area contributed by atoms with Gasteiger partial charge in [-0.3, -0.25) is 0 Å². The lowest BCUT2D eigenvalue weighted by Crippen LogP contribution is -2.03. The van der Waals surface area contributed by atoms with Gasteiger partial charge < -0.3 is 14.8 Å². The maximum Gasteiger partial charge on any atom is 0.120 e. The van der Waals surface area contributed by atoms with Crippen LogP contribution >= 0.6 is 0 Å². The summed E-state index contributed by atoms with van der Waals surface area (Å²) in [6.07, 6.45) is 0. The van der Waals surface area contributed by atoms with Gasteiger partial charge >= 0.3 is 0 Å². The molecule has 3 heteroatoms. The summed E-state index contributed by atoms with van der Waals surface area (Å²) in [4.78, 5) is 0. The van der Waals surface area contributed by atoms with Gasteiger partial charge in [0.05, 0.1) is 6.61 Å². The van der Waals surface area contributed by atoms with Gasteiger partial charge in [0.2, 0.25) is 0 Å². The van der Waals surface area contributed by atoms with E-state index in [1.807, 2.05) is 24.3 Å². The minimum Gasteiger partial charge on any atom is -0.491 e. The van der Waals surface area contributed by atoms with Crippen LogP contribution in [0.2, 0.25) is 0 Å². The molecule has 0 fully saturated rings. The molecule has 3 aromatic rings. The fourth-order valence-corrected chi connectivity index (χ4v) is 2.32. The van der Waals surface area contributed by atoms with Crippen molar-refractivity contribution in [2.45, 2.75) is 0 Å². The molecule has 1 N–H and O–H groups in total. The van der Waals surface area contributed by atoms with Gasteiger partial charge in [0.15, 0.2) is 0 Å². The van der Waals surface area contributed by atoms with Crippen LogP contribution in [0.4, 0.5) is 11.4 Å². The fraction of sp³-hybridized carbons (Fsp3) is 0.158. The number of hydrogen-bond donors (Lipinski definition) is 1. The quantitative estimate of drug-likeness (QED) is 0.673. The first-order valence-corrected chi connectivity index (χ1v) is 7.33. The van der Waals surface area contributed by atoms with Gasteiger partial charge in [0.25, 0.3) is 0 Å². The molecule has 0 aliphatic heterocycles. The van der Waals surface area contributed by atoms with Crippen molar-refractivity contribution in [1.82, 2.24) is 0 Å². The molecule has 0 atom stereocenters. The fourth-order valence-electron chi connectivity index (χ4n) is 2.32. The van der Waals surface area contributed by atoms with E-state index in [9.17, 15) is 0 Å². The van der Waals surface area contributed by atoms with Crippen LogP contribution in [0.3, 0.4) is 0 Å². The summed E-state index contributed by atoms with van der Waals surface area (Å²) < 4.78 is 10.6. The Morgan fingerprint density at radius 1 is 0.773 bits per heavy atom. The zero-order valence-corrected chi connectivity index (χ0v) is 12.6. The molecule has 0 unspecified atom stereocenters. The minimum atomic E-state index is 0.565. The molecule has 22 heavy (non-hydrogen) atoms. The second-order valence-electron chi connectivity index (χ2n) is 5.06. The second-order valence-corrected chi connectivity index (χ2v) is 5.06. The lowest BCUT2D eigenvalue weighted by atomic mass is 10.1. The maximum absolute atomic E-state index is 5.64. The highest BCUT2D eigenvalue weighted by Crippen LogP contribution is 2.25. The lowest BCUT2D eigenvalue weighted by Gasteiger charge is -2.09. The van der Waals surface area contributed by atoms with Crippen molar-refractivity contribution in [3.8, 4) is 5.75 Å². The summed E-state index contributed by atoms with van der Waals surface area (Å²) in [6, 6.07) is 22.6. The van der Waals surface area contributed by atoms with Gasteiger partial charge in [-0.2, -0.15) is 0 Å². The van der Waals surface area contributed by atoms with Crippen molar-refractivity contribution in [1.29, 1.82) is 0 Å². The second kappa shape index (κ2) is 6.96. The maximum atomic E-state index is 5.64. The Morgan fingerprint density at radius 3 is 2.36 bits per heavy atom. The van der Waals surface area contributed by atoms with Crippen molar-refractivity contribution < 1.29 is 9.47 Å². The number of anilines is 2. The van der Waals surface area contributed by atoms with Gasteiger partial charge in [-0.25, -0.2) is 0 Å². The van der Waals surface area contributed by atoms with Crippen LogP contribution < -0.4 is 10.1 Å². The van der Waals surface area contributed by atoms with E-state index in [0.29, 0.717) is 13.2 Å². The molecule has 0 bridgehead atoms. The highest BCUT2D eigenvalue weighted by molar-refractivity contribution is 5.87. The predicted molar refractivity (Wildman–Crippen MR) is 91.0 cm³/mol. The van der Waals surface area contributed by atoms with Gasteiger partial charge in [-0.15, -0.1) is 0 Å². The molecular weight excluding hydrogens is 274 g/mol. The van der Waals surface area contributed by atoms with Gasteiger partial charge in [-0.05, 0) is 47.2 Å². The Bertz CT molecular complexity index is 741. The first-order chi connectivity index (χ1) is 10.8. The number of benzene rings is 3. The Labute approximate surface area is 130 Å². The van der Waals surface area contributed by atoms with Gasteiger partial charge in [0.1, 0.15) is 12.4 Å². The molecule has 0 aliphatic rings. The van der Waals surface area contributed by atoms with E-state index in [1.165, 1.54) is 5.39 Å². The zero-order valence-electron chi connectivity index (χ0n) is 12.6. The smallest absolute Gasteiger partial charge is 0.120 e. The van der Waals surface area contributed by atoms with Crippen LogP contribution in [-0.2, 0) is 4.74 Å². The number of ether oxygens (including phenoxy) is 2. The molecule has 3 aromatic carbocycles. The van der Waals surface area contributed by atoms with Crippen LogP contribution in [0.1, 0.15) is 0 Å². The molecule has 0 heterocycles. The largest absolute Gasteiger partial charge is 0.491 e. The van der Waals surface area contributed by atoms with Gasteiger partial charge in [-0.1, -0.05) is 30.3 Å². The number of rotatable bonds is 6. The zero-order chi connectivity index (χ0) is 15.2. The third-order valence-electron chi connectivity index (χ3n) is 3.43. The molecule has 0 amide bonds. The number of methoxy groups -OCH3 is 1. The topological polar surface area (TPSA) is 30.5 Å². The summed E-state index contributed by atoms with van der Waals surface area (Å²) >= 11 is 0. The van der Waals surface area contributed by atoms with Crippen molar-refractivity contribution >= 4 is 22.1 Å². The number of fused-ring (bicyclic) bond motifs is 1. The van der Waals surface area contributed by atoms with E-state index in [-0.39, 0.29) is 0 Å². The van der Waals surface area contributed by atoms with Crippen molar-refractivity contribution in [3.63, 3.8) is 0 Å². The molecule has 0 saturated carbocycles. The highest BCUT2D eigenvalue weighted by atomic mass is 16.5. The van der Waals surface area contributed by atoms with E-state index in [1.54, 1.807) is 7.11 Å². The summed E-state index contributed by atoms with van der Waals surface area (Å²) in [5.41, 5.74) is 2.16. The third kappa shape index (κ3) is 3.57. The summed E-state index contributed by atoms with van der Waals surface area (Å²) in [5, 5.41) is 5.75. The Balaban J connectivity index is 1.77. The molecular formula is C19H19NO2. The third-order valence-corrected chi connectivity index (χ3v) is 3.43. The average molecular weight is 293 g/mol. The van der Waals surface area contributed by atoms with E-state index < -0.39 is 0 Å². The van der Waals surface area contributed by atoms with Crippen LogP contribution in [0.15, 0.2) is 66.7 Å². The van der Waals surface area contributed by atoms with Gasteiger partial charge in [0, 0.05) is 18.5 Å². The molecule has 0 radical (unpaired) electrons. The lowest BCUT2D eigenvalue weighted by molar-refractivity contribution is 0.146. The summed E-state index contributed by atoms with van der Waals surface area (Å²) in [7, 11) is 1.67. The SMILES string of the molecule is COCCOc1ccc2cc(Nc3ccccc3)ccc2c1. The predicted octanol–water partition coefficient (Wildman–Crippen LogP) is 4.61. The molecule has 3 rings (SSSR count). The molecule has 0 aromatic heterocycles. The van der Waals surface area contributed by atoms with E-state index in [4.69, 9.17) is 9.47 Å². The number of para-hydroxylation sites is 1. The summed E-state index contributed by atoms with van der Waals surface area (Å²) in [6.45, 7) is 1.16. The Kier molecular flexibility index (Phi) is 4.56. The van der Waals surface area contributed by atoms with Crippen molar-refractivity contribution in [2.75, 3.05) is 25.6 Å². The van der Waals surface area contributed by atoms with Crippen LogP contribution in [0.25, 0.3) is 10.8 Å². The monoisotopic (exact) mass is 293 g/mol.